The topological polar surface area (TPSA) is 136 Å². The van der Waals surface area contributed by atoms with Crippen molar-refractivity contribution in [3.8, 4) is 0 Å². The van der Waals surface area contributed by atoms with Crippen molar-refractivity contribution in [3.63, 3.8) is 0 Å². The molecule has 86 valence electrons. The minimum atomic E-state index is -1.82. The van der Waals surface area contributed by atoms with Gasteiger partial charge >= 0.3 is 18.0 Å². The average molecular weight is 220 g/mol. The van der Waals surface area contributed by atoms with Crippen molar-refractivity contribution >= 4 is 18.0 Å². The predicted octanol–water partition coefficient (Wildman–Crippen LogP) is -1.23. The van der Waals surface area contributed by atoms with Gasteiger partial charge in [-0.1, -0.05) is 0 Å². The molecule has 1 aliphatic rings. The van der Waals surface area contributed by atoms with E-state index in [4.69, 9.17) is 24.9 Å². The van der Waals surface area contributed by atoms with Crippen LogP contribution in [-0.2, 0) is 9.59 Å². The smallest absolute Gasteiger partial charge is 0.414 e. The standard InChI is InChI=1S/C5H10N2O2.C2H2O4/c8-5(9)7-4-1-2-6-3-4;3-1(4)2(5)6/h4,6-7H,1-3H2,(H,8,9);(H,3,4)(H,5,6). The third-order valence-corrected chi connectivity index (χ3v) is 1.57. The lowest BCUT2D eigenvalue weighted by atomic mass is 10.3. The summed E-state index contributed by atoms with van der Waals surface area (Å²) in [5, 5.41) is 28.5. The molecule has 1 rings (SSSR count). The summed E-state index contributed by atoms with van der Waals surface area (Å²) in [4.78, 5) is 28.2. The van der Waals surface area contributed by atoms with Gasteiger partial charge in [0.15, 0.2) is 0 Å². The SMILES string of the molecule is O=C(O)C(=O)O.O=C(O)NC1CCNC1. The normalized spacial score (nSPS) is 18.5. The molecule has 5 N–H and O–H groups in total. The van der Waals surface area contributed by atoms with E-state index in [1.54, 1.807) is 0 Å². The van der Waals surface area contributed by atoms with Crippen LogP contribution in [0.4, 0.5) is 4.79 Å². The predicted molar refractivity (Wildman–Crippen MR) is 47.7 cm³/mol. The highest BCUT2D eigenvalue weighted by atomic mass is 16.4. The fraction of sp³-hybridized carbons (Fsp3) is 0.571. The van der Waals surface area contributed by atoms with E-state index in [2.05, 4.69) is 10.6 Å². The molecule has 1 atom stereocenters. The Morgan fingerprint density at radius 1 is 1.13 bits per heavy atom. The van der Waals surface area contributed by atoms with Crippen LogP contribution in [0.3, 0.4) is 0 Å². The zero-order valence-corrected chi connectivity index (χ0v) is 7.77. The Hall–Kier alpha value is -1.83. The minimum Gasteiger partial charge on any atom is -0.473 e. The van der Waals surface area contributed by atoms with Crippen LogP contribution >= 0.6 is 0 Å². The Balaban J connectivity index is 0.000000288. The first kappa shape index (κ1) is 13.2. The molecule has 0 aromatic carbocycles. The molecule has 8 heteroatoms. The van der Waals surface area contributed by atoms with Gasteiger partial charge in [-0.25, -0.2) is 14.4 Å². The van der Waals surface area contributed by atoms with Crippen molar-refractivity contribution in [2.24, 2.45) is 0 Å². The third kappa shape index (κ3) is 7.26. The van der Waals surface area contributed by atoms with Crippen molar-refractivity contribution in [2.45, 2.75) is 12.5 Å². The second-order valence-corrected chi connectivity index (χ2v) is 2.75. The first-order valence-corrected chi connectivity index (χ1v) is 4.10. The Morgan fingerprint density at radius 2 is 1.67 bits per heavy atom. The number of nitrogens with one attached hydrogen (secondary N) is 2. The molecular weight excluding hydrogens is 208 g/mol. The first-order valence-electron chi connectivity index (χ1n) is 4.10. The molecule has 15 heavy (non-hydrogen) atoms. The maximum atomic E-state index is 10.0. The summed E-state index contributed by atoms with van der Waals surface area (Å²) >= 11 is 0. The minimum absolute atomic E-state index is 0.127. The van der Waals surface area contributed by atoms with Crippen LogP contribution in [0.15, 0.2) is 0 Å². The van der Waals surface area contributed by atoms with Gasteiger partial charge in [0.2, 0.25) is 0 Å². The van der Waals surface area contributed by atoms with Gasteiger partial charge in [0, 0.05) is 12.6 Å². The summed E-state index contributed by atoms with van der Waals surface area (Å²) < 4.78 is 0. The molecule has 0 radical (unpaired) electrons. The molecule has 1 saturated heterocycles. The molecule has 1 amide bonds. The number of hydrogen-bond donors (Lipinski definition) is 5. The quantitative estimate of drug-likeness (QED) is 0.349. The van der Waals surface area contributed by atoms with Gasteiger partial charge < -0.3 is 26.0 Å². The number of amides is 1. The molecule has 1 fully saturated rings. The summed E-state index contributed by atoms with van der Waals surface area (Å²) in [6, 6.07) is 0.127. The molecule has 0 aromatic heterocycles. The van der Waals surface area contributed by atoms with Crippen molar-refractivity contribution in [1.82, 2.24) is 10.6 Å². The number of rotatable bonds is 1. The molecule has 0 aliphatic carbocycles. The monoisotopic (exact) mass is 220 g/mol. The average Bonchev–Trinajstić information content (AvgIpc) is 2.56. The Bertz CT molecular complexity index is 236. The van der Waals surface area contributed by atoms with Crippen LogP contribution in [0, 0.1) is 0 Å². The number of carbonyl (C=O) groups is 3. The molecular formula is C7H12N2O6. The Kier molecular flexibility index (Phi) is 5.79. The van der Waals surface area contributed by atoms with Gasteiger partial charge in [0.1, 0.15) is 0 Å². The zero-order chi connectivity index (χ0) is 11.8. The largest absolute Gasteiger partial charge is 0.473 e. The second kappa shape index (κ2) is 6.60. The zero-order valence-electron chi connectivity index (χ0n) is 7.77. The molecule has 0 aromatic rings. The Morgan fingerprint density at radius 3 is 1.93 bits per heavy atom. The fourth-order valence-electron chi connectivity index (χ4n) is 0.952. The van der Waals surface area contributed by atoms with Crippen LogP contribution < -0.4 is 10.6 Å². The van der Waals surface area contributed by atoms with E-state index in [-0.39, 0.29) is 6.04 Å². The maximum Gasteiger partial charge on any atom is 0.414 e. The van der Waals surface area contributed by atoms with Crippen molar-refractivity contribution < 1.29 is 29.7 Å². The Labute approximate surface area is 84.9 Å². The summed E-state index contributed by atoms with van der Waals surface area (Å²) in [6.07, 6.45) is -0.0181. The maximum absolute atomic E-state index is 10.0. The van der Waals surface area contributed by atoms with E-state index in [9.17, 15) is 4.79 Å². The van der Waals surface area contributed by atoms with Crippen LogP contribution in [0.5, 0.6) is 0 Å². The van der Waals surface area contributed by atoms with Gasteiger partial charge in [0.25, 0.3) is 0 Å². The number of carboxylic acids is 2. The van der Waals surface area contributed by atoms with E-state index in [1.165, 1.54) is 0 Å². The highest BCUT2D eigenvalue weighted by molar-refractivity contribution is 6.27. The first-order chi connectivity index (χ1) is 6.93. The van der Waals surface area contributed by atoms with E-state index in [0.717, 1.165) is 19.5 Å². The van der Waals surface area contributed by atoms with E-state index in [1.807, 2.05) is 0 Å². The van der Waals surface area contributed by atoms with Crippen LogP contribution in [0.1, 0.15) is 6.42 Å². The van der Waals surface area contributed by atoms with Crippen molar-refractivity contribution in [2.75, 3.05) is 13.1 Å². The van der Waals surface area contributed by atoms with E-state index in [0.29, 0.717) is 0 Å². The van der Waals surface area contributed by atoms with Gasteiger partial charge in [-0.15, -0.1) is 0 Å². The van der Waals surface area contributed by atoms with Gasteiger partial charge in [-0.3, -0.25) is 0 Å². The lowest BCUT2D eigenvalue weighted by molar-refractivity contribution is -0.159. The molecule has 0 spiro atoms. The van der Waals surface area contributed by atoms with Crippen LogP contribution in [0.25, 0.3) is 0 Å². The molecule has 1 aliphatic heterocycles. The molecule has 8 nitrogen and oxygen atoms in total. The number of carboxylic acid groups (broad SMARTS) is 3. The van der Waals surface area contributed by atoms with E-state index < -0.39 is 18.0 Å². The van der Waals surface area contributed by atoms with E-state index >= 15 is 0 Å². The summed E-state index contributed by atoms with van der Waals surface area (Å²) in [7, 11) is 0. The number of hydrogen-bond acceptors (Lipinski definition) is 4. The molecule has 1 unspecified atom stereocenters. The molecule has 1 heterocycles. The van der Waals surface area contributed by atoms with Gasteiger partial charge in [-0.2, -0.15) is 0 Å². The molecule has 0 bridgehead atoms. The molecule has 0 saturated carbocycles. The lowest BCUT2D eigenvalue weighted by Gasteiger charge is -2.05. The van der Waals surface area contributed by atoms with Crippen molar-refractivity contribution in [3.05, 3.63) is 0 Å². The second-order valence-electron chi connectivity index (χ2n) is 2.75. The highest BCUT2D eigenvalue weighted by Gasteiger charge is 2.15. The third-order valence-electron chi connectivity index (χ3n) is 1.57. The van der Waals surface area contributed by atoms with Crippen LogP contribution in [0.2, 0.25) is 0 Å². The summed E-state index contributed by atoms with van der Waals surface area (Å²) in [5.74, 6) is -3.65. The van der Waals surface area contributed by atoms with Crippen LogP contribution in [-0.4, -0.2) is 52.5 Å². The van der Waals surface area contributed by atoms with Gasteiger partial charge in [0.05, 0.1) is 0 Å². The van der Waals surface area contributed by atoms with Crippen molar-refractivity contribution in [1.29, 1.82) is 0 Å². The highest BCUT2D eigenvalue weighted by Crippen LogP contribution is 1.95. The summed E-state index contributed by atoms with van der Waals surface area (Å²) in [5.41, 5.74) is 0. The van der Waals surface area contributed by atoms with Gasteiger partial charge in [-0.05, 0) is 13.0 Å². The fourth-order valence-corrected chi connectivity index (χ4v) is 0.952. The lowest BCUT2D eigenvalue weighted by Crippen LogP contribution is -2.34. The number of aliphatic carboxylic acids is 2. The summed E-state index contributed by atoms with van der Waals surface area (Å²) in [6.45, 7) is 1.69.